The first-order valence-electron chi connectivity index (χ1n) is 10.4. The fourth-order valence-corrected chi connectivity index (χ4v) is 4.48. The number of hydrogen-bond acceptors (Lipinski definition) is 8. The lowest BCUT2D eigenvalue weighted by Crippen LogP contribution is -2.37. The Kier molecular flexibility index (Phi) is 6.59. The van der Waals surface area contributed by atoms with Gasteiger partial charge in [-0.05, 0) is 53.7 Å². The molecule has 1 fully saturated rings. The van der Waals surface area contributed by atoms with Gasteiger partial charge in [-0.15, -0.1) is 5.10 Å². The number of carbonyl (C=O) groups excluding carboxylic acids is 1. The normalized spacial score (nSPS) is 14.4. The van der Waals surface area contributed by atoms with Crippen LogP contribution in [0.5, 0.6) is 0 Å². The number of carbonyl (C=O) groups is 1. The van der Waals surface area contributed by atoms with Crippen LogP contribution in [0.2, 0.25) is 0 Å². The molecule has 13 heteroatoms. The first-order valence-corrected chi connectivity index (χ1v) is 11.9. The molecule has 1 N–H and O–H groups in total. The van der Waals surface area contributed by atoms with Crippen LogP contribution in [0.3, 0.4) is 0 Å². The van der Waals surface area contributed by atoms with Gasteiger partial charge in [-0.2, -0.15) is 4.68 Å². The van der Waals surface area contributed by atoms with E-state index in [1.807, 2.05) is 4.90 Å². The molecular formula is C21H24FN7O4S. The lowest BCUT2D eigenvalue weighted by molar-refractivity contribution is 0.102. The number of nitrogens with zero attached hydrogens (tertiary/aromatic N) is 6. The molecule has 0 bridgehead atoms. The summed E-state index contributed by atoms with van der Waals surface area (Å²) >= 11 is 0. The molecule has 34 heavy (non-hydrogen) atoms. The van der Waals surface area contributed by atoms with Gasteiger partial charge < -0.3 is 15.0 Å². The summed E-state index contributed by atoms with van der Waals surface area (Å²) < 4.78 is 47.9. The van der Waals surface area contributed by atoms with Gasteiger partial charge in [-0.25, -0.2) is 17.1 Å². The largest absolute Gasteiger partial charge is 0.378 e. The van der Waals surface area contributed by atoms with Crippen LogP contribution >= 0.6 is 0 Å². The third-order valence-corrected chi connectivity index (χ3v) is 7.22. The van der Waals surface area contributed by atoms with E-state index in [9.17, 15) is 17.6 Å². The Morgan fingerprint density at radius 2 is 1.88 bits per heavy atom. The Morgan fingerprint density at radius 1 is 1.15 bits per heavy atom. The molecule has 180 valence electrons. The molecule has 1 aromatic heterocycles. The van der Waals surface area contributed by atoms with Crippen LogP contribution in [0.1, 0.15) is 16.2 Å². The maximum absolute atomic E-state index is 14.6. The van der Waals surface area contributed by atoms with Crippen LogP contribution in [0.15, 0.2) is 41.3 Å². The molecule has 1 aliphatic rings. The van der Waals surface area contributed by atoms with Crippen molar-refractivity contribution >= 4 is 27.3 Å². The molecule has 1 aliphatic heterocycles. The second-order valence-corrected chi connectivity index (χ2v) is 9.97. The van der Waals surface area contributed by atoms with Crippen LogP contribution in [-0.2, 0) is 14.8 Å². The topological polar surface area (TPSA) is 123 Å². The molecule has 0 aliphatic carbocycles. The molecule has 0 saturated carbocycles. The van der Waals surface area contributed by atoms with Gasteiger partial charge in [-0.3, -0.25) is 4.79 Å². The summed E-state index contributed by atoms with van der Waals surface area (Å²) in [4.78, 5) is 15.2. The van der Waals surface area contributed by atoms with E-state index in [0.29, 0.717) is 43.5 Å². The quantitative estimate of drug-likeness (QED) is 0.552. The highest BCUT2D eigenvalue weighted by Gasteiger charge is 2.25. The van der Waals surface area contributed by atoms with E-state index >= 15 is 0 Å². The number of amides is 1. The van der Waals surface area contributed by atoms with Crippen molar-refractivity contribution in [1.29, 1.82) is 0 Å². The number of tetrazole rings is 1. The molecule has 2 aromatic carbocycles. The molecule has 2 heterocycles. The zero-order valence-corrected chi connectivity index (χ0v) is 19.7. The molecule has 0 atom stereocenters. The number of nitrogens with one attached hydrogen (secondary N) is 1. The van der Waals surface area contributed by atoms with Crippen molar-refractivity contribution in [2.75, 3.05) is 50.6 Å². The van der Waals surface area contributed by atoms with E-state index in [0.717, 1.165) is 4.31 Å². The standard InChI is InChI=1S/C21H24FN7O4S/c1-14-24-25-26-29(14)15-4-6-18(22)19(12-15)23-21(30)17-13-16(34(31,32)27(2)3)5-7-20(17)28-8-10-33-11-9-28/h4-7,12-13H,8-11H2,1-3H3,(H,23,30). The third-order valence-electron chi connectivity index (χ3n) is 5.41. The molecule has 1 saturated heterocycles. The van der Waals surface area contributed by atoms with Gasteiger partial charge in [0.15, 0.2) is 5.82 Å². The summed E-state index contributed by atoms with van der Waals surface area (Å²) in [5, 5.41) is 13.8. The summed E-state index contributed by atoms with van der Waals surface area (Å²) in [6.07, 6.45) is 0. The smallest absolute Gasteiger partial charge is 0.257 e. The van der Waals surface area contributed by atoms with Gasteiger partial charge in [-0.1, -0.05) is 0 Å². The van der Waals surface area contributed by atoms with Gasteiger partial charge in [0.2, 0.25) is 10.0 Å². The maximum Gasteiger partial charge on any atom is 0.257 e. The Hall–Kier alpha value is -3.42. The van der Waals surface area contributed by atoms with E-state index in [4.69, 9.17) is 4.74 Å². The Bertz CT molecular complexity index is 1320. The van der Waals surface area contributed by atoms with Crippen molar-refractivity contribution in [2.45, 2.75) is 11.8 Å². The average molecular weight is 490 g/mol. The molecule has 0 unspecified atom stereocenters. The Balaban J connectivity index is 1.73. The van der Waals surface area contributed by atoms with E-state index < -0.39 is 21.7 Å². The number of ether oxygens (including phenoxy) is 1. The van der Waals surface area contributed by atoms with Crippen molar-refractivity contribution in [3.8, 4) is 5.69 Å². The van der Waals surface area contributed by atoms with Gasteiger partial charge in [0.05, 0.1) is 35.0 Å². The number of morpholine rings is 1. The number of aromatic nitrogens is 4. The van der Waals surface area contributed by atoms with Crippen molar-refractivity contribution in [1.82, 2.24) is 24.5 Å². The number of sulfonamides is 1. The van der Waals surface area contributed by atoms with Gasteiger partial charge >= 0.3 is 0 Å². The fourth-order valence-electron chi connectivity index (χ4n) is 3.55. The maximum atomic E-state index is 14.6. The minimum Gasteiger partial charge on any atom is -0.378 e. The van der Waals surface area contributed by atoms with E-state index in [1.165, 1.54) is 49.1 Å². The second-order valence-electron chi connectivity index (χ2n) is 7.82. The summed E-state index contributed by atoms with van der Waals surface area (Å²) in [5.41, 5.74) is 1.00. The highest BCUT2D eigenvalue weighted by molar-refractivity contribution is 7.89. The van der Waals surface area contributed by atoms with Crippen molar-refractivity contribution in [3.63, 3.8) is 0 Å². The van der Waals surface area contributed by atoms with Crippen LogP contribution in [0.25, 0.3) is 5.69 Å². The molecular weight excluding hydrogens is 465 g/mol. The van der Waals surface area contributed by atoms with E-state index in [-0.39, 0.29) is 16.1 Å². The molecule has 4 rings (SSSR count). The van der Waals surface area contributed by atoms with E-state index in [2.05, 4.69) is 20.8 Å². The molecule has 1 amide bonds. The third kappa shape index (κ3) is 4.62. The SMILES string of the molecule is Cc1nnnn1-c1ccc(F)c(NC(=O)c2cc(S(=O)(=O)N(C)C)ccc2N2CCOCC2)c1. The second kappa shape index (κ2) is 9.44. The number of halogens is 1. The highest BCUT2D eigenvalue weighted by Crippen LogP contribution is 2.28. The van der Waals surface area contributed by atoms with Crippen molar-refractivity contribution < 1.29 is 22.3 Å². The highest BCUT2D eigenvalue weighted by atomic mass is 32.2. The Morgan fingerprint density at radius 3 is 2.53 bits per heavy atom. The lowest BCUT2D eigenvalue weighted by atomic mass is 10.1. The Labute approximate surface area is 196 Å². The summed E-state index contributed by atoms with van der Waals surface area (Å²) in [6.45, 7) is 3.69. The first-order chi connectivity index (χ1) is 16.2. The minimum atomic E-state index is -3.79. The summed E-state index contributed by atoms with van der Waals surface area (Å²) in [6, 6.07) is 8.44. The number of anilines is 2. The first kappa shape index (κ1) is 23.7. The summed E-state index contributed by atoms with van der Waals surface area (Å²) in [7, 11) is -0.973. The number of hydrogen-bond donors (Lipinski definition) is 1. The zero-order valence-electron chi connectivity index (χ0n) is 18.9. The lowest BCUT2D eigenvalue weighted by Gasteiger charge is -2.30. The van der Waals surface area contributed by atoms with Crippen LogP contribution in [0.4, 0.5) is 15.8 Å². The van der Waals surface area contributed by atoms with Crippen molar-refractivity contribution in [3.05, 3.63) is 53.6 Å². The number of benzene rings is 2. The molecule has 11 nitrogen and oxygen atoms in total. The monoisotopic (exact) mass is 489 g/mol. The van der Waals surface area contributed by atoms with E-state index in [1.54, 1.807) is 13.0 Å². The summed E-state index contributed by atoms with van der Waals surface area (Å²) in [5.74, 6) is -0.824. The van der Waals surface area contributed by atoms with Gasteiger partial charge in [0.25, 0.3) is 5.91 Å². The van der Waals surface area contributed by atoms with Crippen LogP contribution in [0, 0.1) is 12.7 Å². The van der Waals surface area contributed by atoms with Gasteiger partial charge in [0.1, 0.15) is 5.82 Å². The zero-order chi connectivity index (χ0) is 24.5. The van der Waals surface area contributed by atoms with Crippen molar-refractivity contribution in [2.24, 2.45) is 0 Å². The average Bonchev–Trinajstić information content (AvgIpc) is 3.26. The number of aryl methyl sites for hydroxylation is 1. The van der Waals surface area contributed by atoms with Crippen LogP contribution < -0.4 is 10.2 Å². The molecule has 0 spiro atoms. The number of rotatable bonds is 6. The van der Waals surface area contributed by atoms with Gasteiger partial charge in [0, 0.05) is 32.9 Å². The van der Waals surface area contributed by atoms with Crippen LogP contribution in [-0.4, -0.2) is 79.2 Å². The fraction of sp³-hybridized carbons (Fsp3) is 0.333. The predicted octanol–water partition coefficient (Wildman–Crippen LogP) is 1.45. The molecule has 3 aromatic rings. The predicted molar refractivity (Wildman–Crippen MR) is 122 cm³/mol. The minimum absolute atomic E-state index is 0.0433. The molecule has 0 radical (unpaired) electrons.